The summed E-state index contributed by atoms with van der Waals surface area (Å²) in [5, 5.41) is 0. The van der Waals surface area contributed by atoms with E-state index in [0.29, 0.717) is 0 Å². The Kier molecular flexibility index (Phi) is 6.08. The van der Waals surface area contributed by atoms with Crippen LogP contribution in [-0.2, 0) is 6.54 Å². The molecule has 0 N–H and O–H groups in total. The van der Waals surface area contributed by atoms with Crippen molar-refractivity contribution >= 4 is 11.3 Å². The Morgan fingerprint density at radius 3 is 1.85 bits per heavy atom. The van der Waals surface area contributed by atoms with Gasteiger partial charge in [0, 0.05) is 12.2 Å². The summed E-state index contributed by atoms with van der Waals surface area (Å²) in [4.78, 5) is 2.50. The molecule has 1 unspecified atom stereocenters. The second kappa shape index (κ2) is 9.62. The third kappa shape index (κ3) is 4.61. The quantitative estimate of drug-likeness (QED) is 0.317. The number of nitrogens with zero attached hydrogens (tertiary/aromatic N) is 1. The molecule has 4 aromatic rings. The Morgan fingerprint density at radius 2 is 1.24 bits per heavy atom. The zero-order chi connectivity index (χ0) is 22.5. The van der Waals surface area contributed by atoms with Gasteiger partial charge in [-0.3, -0.25) is 0 Å². The van der Waals surface area contributed by atoms with Gasteiger partial charge in [-0.25, -0.2) is 0 Å². The van der Waals surface area contributed by atoms with E-state index in [4.69, 9.17) is 4.74 Å². The van der Waals surface area contributed by atoms with Crippen molar-refractivity contribution in [2.75, 3.05) is 7.11 Å². The molecule has 2 heteroatoms. The molecule has 33 heavy (non-hydrogen) atoms. The van der Waals surface area contributed by atoms with Gasteiger partial charge in [0.2, 0.25) is 0 Å². The van der Waals surface area contributed by atoms with Gasteiger partial charge < -0.3 is 9.64 Å². The number of rotatable bonds is 6. The minimum atomic E-state index is 0.115. The SMILES string of the molecule is COc1ccc(CN2C(c3ccccc3)=CC(c3ccccc3)=CC2c2ccccc2)cc1. The molecular weight excluding hydrogens is 402 g/mol. The number of methoxy groups -OCH3 is 1. The van der Waals surface area contributed by atoms with Gasteiger partial charge in [-0.05, 0) is 52.1 Å². The van der Waals surface area contributed by atoms with E-state index in [2.05, 4.69) is 120 Å². The maximum absolute atomic E-state index is 5.37. The van der Waals surface area contributed by atoms with Crippen LogP contribution in [0.3, 0.4) is 0 Å². The minimum absolute atomic E-state index is 0.115. The second-order valence-corrected chi connectivity index (χ2v) is 8.22. The van der Waals surface area contributed by atoms with E-state index in [1.54, 1.807) is 7.11 Å². The average Bonchev–Trinajstić information content (AvgIpc) is 2.90. The Labute approximate surface area is 196 Å². The van der Waals surface area contributed by atoms with Gasteiger partial charge in [0.1, 0.15) is 5.75 Å². The number of ether oxygens (including phenoxy) is 1. The number of hydrogen-bond acceptors (Lipinski definition) is 2. The van der Waals surface area contributed by atoms with E-state index in [0.717, 1.165) is 12.3 Å². The van der Waals surface area contributed by atoms with Crippen LogP contribution in [0, 0.1) is 0 Å². The summed E-state index contributed by atoms with van der Waals surface area (Å²) < 4.78 is 5.37. The van der Waals surface area contributed by atoms with Crippen LogP contribution in [0.5, 0.6) is 5.75 Å². The highest BCUT2D eigenvalue weighted by Gasteiger charge is 2.26. The predicted molar refractivity (Wildman–Crippen MR) is 137 cm³/mol. The molecule has 0 aliphatic carbocycles. The largest absolute Gasteiger partial charge is 0.497 e. The van der Waals surface area contributed by atoms with Gasteiger partial charge in [0.25, 0.3) is 0 Å². The third-order valence-electron chi connectivity index (χ3n) is 6.10. The zero-order valence-corrected chi connectivity index (χ0v) is 18.8. The van der Waals surface area contributed by atoms with Crippen molar-refractivity contribution in [1.29, 1.82) is 0 Å². The van der Waals surface area contributed by atoms with Crippen molar-refractivity contribution in [2.45, 2.75) is 12.6 Å². The van der Waals surface area contributed by atoms with Crippen LogP contribution >= 0.6 is 0 Å². The zero-order valence-electron chi connectivity index (χ0n) is 18.8. The monoisotopic (exact) mass is 429 g/mol. The van der Waals surface area contributed by atoms with E-state index >= 15 is 0 Å². The van der Waals surface area contributed by atoms with Crippen LogP contribution in [-0.4, -0.2) is 12.0 Å². The lowest BCUT2D eigenvalue weighted by atomic mass is 9.91. The predicted octanol–water partition coefficient (Wildman–Crippen LogP) is 7.38. The summed E-state index contributed by atoms with van der Waals surface area (Å²) in [6, 6.07) is 40.6. The highest BCUT2D eigenvalue weighted by molar-refractivity contribution is 5.86. The number of benzene rings is 4. The number of allylic oxidation sites excluding steroid dienone is 2. The number of hydrogen-bond donors (Lipinski definition) is 0. The standard InChI is InChI=1S/C31H27NO/c1-33-29-19-17-24(18-20-29)23-32-30(26-13-7-3-8-14-26)21-28(25-11-5-2-6-12-25)22-31(32)27-15-9-4-10-16-27/h2-22,30H,23H2,1H3. The van der Waals surface area contributed by atoms with Crippen LogP contribution < -0.4 is 4.74 Å². The molecule has 1 aliphatic heterocycles. The lowest BCUT2D eigenvalue weighted by molar-refractivity contribution is 0.334. The van der Waals surface area contributed by atoms with Crippen molar-refractivity contribution in [3.05, 3.63) is 150 Å². The first-order valence-corrected chi connectivity index (χ1v) is 11.3. The fourth-order valence-corrected chi connectivity index (χ4v) is 4.39. The van der Waals surface area contributed by atoms with E-state index in [1.807, 2.05) is 12.1 Å². The average molecular weight is 430 g/mol. The molecule has 0 radical (unpaired) electrons. The molecule has 162 valence electrons. The fraction of sp³-hybridized carbons (Fsp3) is 0.0968. The molecule has 0 spiro atoms. The molecule has 0 saturated heterocycles. The van der Waals surface area contributed by atoms with Crippen molar-refractivity contribution < 1.29 is 4.74 Å². The molecule has 0 aromatic heterocycles. The normalized spacial score (nSPS) is 15.5. The van der Waals surface area contributed by atoms with Crippen LogP contribution in [0.25, 0.3) is 11.3 Å². The first-order chi connectivity index (χ1) is 16.3. The van der Waals surface area contributed by atoms with Gasteiger partial charge in [-0.15, -0.1) is 0 Å². The molecule has 2 nitrogen and oxygen atoms in total. The molecule has 1 heterocycles. The molecule has 1 aliphatic rings. The smallest absolute Gasteiger partial charge is 0.118 e. The lowest BCUT2D eigenvalue weighted by Gasteiger charge is -2.38. The van der Waals surface area contributed by atoms with Crippen molar-refractivity contribution in [2.24, 2.45) is 0 Å². The second-order valence-electron chi connectivity index (χ2n) is 8.22. The molecule has 1 atom stereocenters. The highest BCUT2D eigenvalue weighted by Crippen LogP contribution is 2.40. The summed E-state index contributed by atoms with van der Waals surface area (Å²) >= 11 is 0. The van der Waals surface area contributed by atoms with Crippen LogP contribution in [0.1, 0.15) is 28.3 Å². The van der Waals surface area contributed by atoms with E-state index in [-0.39, 0.29) is 6.04 Å². The van der Waals surface area contributed by atoms with Crippen LogP contribution in [0.4, 0.5) is 0 Å². The molecule has 0 amide bonds. The Balaban J connectivity index is 1.63. The van der Waals surface area contributed by atoms with Gasteiger partial charge in [-0.2, -0.15) is 0 Å². The Morgan fingerprint density at radius 1 is 0.667 bits per heavy atom. The van der Waals surface area contributed by atoms with Gasteiger partial charge in [0.05, 0.1) is 13.2 Å². The van der Waals surface area contributed by atoms with Gasteiger partial charge >= 0.3 is 0 Å². The van der Waals surface area contributed by atoms with Gasteiger partial charge in [0.15, 0.2) is 0 Å². The molecule has 0 bridgehead atoms. The summed E-state index contributed by atoms with van der Waals surface area (Å²) in [6.07, 6.45) is 4.72. The molecule has 5 rings (SSSR count). The third-order valence-corrected chi connectivity index (χ3v) is 6.10. The van der Waals surface area contributed by atoms with E-state index in [1.165, 1.54) is 33.5 Å². The first kappa shape index (κ1) is 20.8. The maximum Gasteiger partial charge on any atom is 0.118 e. The van der Waals surface area contributed by atoms with Crippen LogP contribution in [0.15, 0.2) is 127 Å². The Bertz CT molecular complexity index is 1240. The maximum atomic E-state index is 5.37. The molecule has 4 aromatic carbocycles. The highest BCUT2D eigenvalue weighted by atomic mass is 16.5. The summed E-state index contributed by atoms with van der Waals surface area (Å²) in [5.41, 5.74) is 7.44. The topological polar surface area (TPSA) is 12.5 Å². The van der Waals surface area contributed by atoms with Gasteiger partial charge in [-0.1, -0.05) is 103 Å². The summed E-state index contributed by atoms with van der Waals surface area (Å²) in [7, 11) is 1.71. The first-order valence-electron chi connectivity index (χ1n) is 11.3. The van der Waals surface area contributed by atoms with Crippen LogP contribution in [0.2, 0.25) is 0 Å². The summed E-state index contributed by atoms with van der Waals surface area (Å²) in [5.74, 6) is 0.877. The minimum Gasteiger partial charge on any atom is -0.497 e. The molecule has 0 saturated carbocycles. The van der Waals surface area contributed by atoms with Crippen molar-refractivity contribution in [1.82, 2.24) is 4.90 Å². The van der Waals surface area contributed by atoms with E-state index in [9.17, 15) is 0 Å². The fourth-order valence-electron chi connectivity index (χ4n) is 4.39. The lowest BCUT2D eigenvalue weighted by Crippen LogP contribution is -2.28. The van der Waals surface area contributed by atoms with Crippen molar-refractivity contribution in [3.8, 4) is 5.75 Å². The van der Waals surface area contributed by atoms with Crippen molar-refractivity contribution in [3.63, 3.8) is 0 Å². The van der Waals surface area contributed by atoms with E-state index < -0.39 is 0 Å². The molecule has 0 fully saturated rings. The Hall–Kier alpha value is -4.04. The molecular formula is C31H27NO. The summed E-state index contributed by atoms with van der Waals surface area (Å²) in [6.45, 7) is 0.794.